The normalized spacial score (nSPS) is 12.7. The van der Waals surface area contributed by atoms with Crippen molar-refractivity contribution in [1.82, 2.24) is 5.32 Å². The van der Waals surface area contributed by atoms with E-state index >= 15 is 0 Å². The largest absolute Gasteiger partial charge is 0.493 e. The third-order valence-electron chi connectivity index (χ3n) is 2.71. The highest BCUT2D eigenvalue weighted by Gasteiger charge is 2.31. The van der Waals surface area contributed by atoms with Crippen LogP contribution in [-0.2, 0) is 11.2 Å². The second-order valence-electron chi connectivity index (χ2n) is 4.19. The predicted octanol–water partition coefficient (Wildman–Crippen LogP) is 2.31. The molecule has 4 nitrogen and oxygen atoms in total. The molecule has 0 aliphatic carbocycles. The summed E-state index contributed by atoms with van der Waals surface area (Å²) in [5.74, 6) is 0.925. The number of amides is 1. The van der Waals surface area contributed by atoms with Crippen LogP contribution in [0.25, 0.3) is 0 Å². The number of ether oxygens (including phenoxy) is 2. The maximum Gasteiger partial charge on any atom is 0.391 e. The Bertz CT molecular complexity index is 449. The van der Waals surface area contributed by atoms with Crippen molar-refractivity contribution in [2.45, 2.75) is 25.1 Å². The minimum Gasteiger partial charge on any atom is -0.493 e. The molecule has 1 N–H and O–H groups in total. The van der Waals surface area contributed by atoms with E-state index in [9.17, 15) is 18.0 Å². The summed E-state index contributed by atoms with van der Waals surface area (Å²) in [6.45, 7) is 0. The fourth-order valence-electron chi connectivity index (χ4n) is 1.86. The van der Waals surface area contributed by atoms with Gasteiger partial charge < -0.3 is 14.8 Å². The highest BCUT2D eigenvalue weighted by molar-refractivity contribution is 5.47. The van der Waals surface area contributed by atoms with Gasteiger partial charge in [-0.1, -0.05) is 6.07 Å². The third kappa shape index (κ3) is 4.99. The summed E-state index contributed by atoms with van der Waals surface area (Å²) in [5.41, 5.74) is 0.617. The number of benzene rings is 1. The molecule has 0 fully saturated rings. The van der Waals surface area contributed by atoms with Gasteiger partial charge in [0.2, 0.25) is 6.41 Å². The first kappa shape index (κ1) is 16.1. The van der Waals surface area contributed by atoms with Crippen LogP contribution in [0.4, 0.5) is 13.2 Å². The maximum atomic E-state index is 12.4. The van der Waals surface area contributed by atoms with Crippen molar-refractivity contribution >= 4 is 6.41 Å². The van der Waals surface area contributed by atoms with Crippen LogP contribution in [0.5, 0.6) is 11.5 Å². The molecule has 1 rings (SSSR count). The van der Waals surface area contributed by atoms with Crippen LogP contribution >= 0.6 is 0 Å². The first-order chi connectivity index (χ1) is 9.39. The molecule has 1 atom stereocenters. The van der Waals surface area contributed by atoms with Crippen molar-refractivity contribution in [3.63, 3.8) is 0 Å². The molecule has 0 saturated carbocycles. The number of carbonyl (C=O) groups is 1. The van der Waals surface area contributed by atoms with Gasteiger partial charge in [0.15, 0.2) is 11.5 Å². The molecule has 112 valence electrons. The Balaban J connectivity index is 2.85. The Hall–Kier alpha value is -1.92. The Morgan fingerprint density at radius 3 is 2.40 bits per heavy atom. The van der Waals surface area contributed by atoms with Crippen molar-refractivity contribution in [2.75, 3.05) is 14.2 Å². The number of hydrogen-bond donors (Lipinski definition) is 1. The summed E-state index contributed by atoms with van der Waals surface area (Å²) in [4.78, 5) is 10.4. The van der Waals surface area contributed by atoms with Crippen LogP contribution < -0.4 is 14.8 Å². The van der Waals surface area contributed by atoms with E-state index in [0.29, 0.717) is 17.1 Å². The van der Waals surface area contributed by atoms with Crippen LogP contribution in [-0.4, -0.2) is 32.8 Å². The summed E-state index contributed by atoms with van der Waals surface area (Å²) in [5, 5.41) is 2.18. The number of alkyl halides is 3. The van der Waals surface area contributed by atoms with E-state index in [1.54, 1.807) is 18.2 Å². The van der Waals surface area contributed by atoms with Gasteiger partial charge in [-0.05, 0) is 24.1 Å². The highest BCUT2D eigenvalue weighted by atomic mass is 19.4. The standard InChI is InChI=1S/C13H16F3NO3/c1-19-11-4-3-9(6-12(11)20-2)5-10(17-8-18)7-13(14,15)16/h3-4,6,8,10H,5,7H2,1-2H3,(H,17,18)/t10-/m0/s1. The fourth-order valence-corrected chi connectivity index (χ4v) is 1.86. The molecule has 1 amide bonds. The van der Waals surface area contributed by atoms with E-state index < -0.39 is 18.6 Å². The van der Waals surface area contributed by atoms with Gasteiger partial charge in [0.1, 0.15) is 0 Å². The predicted molar refractivity (Wildman–Crippen MR) is 66.9 cm³/mol. The number of methoxy groups -OCH3 is 2. The molecule has 0 aliphatic heterocycles. The van der Waals surface area contributed by atoms with Crippen molar-refractivity contribution in [3.05, 3.63) is 23.8 Å². The summed E-state index contributed by atoms with van der Waals surface area (Å²) in [7, 11) is 2.91. The minimum atomic E-state index is -4.34. The molecule has 1 aromatic rings. The topological polar surface area (TPSA) is 47.6 Å². The van der Waals surface area contributed by atoms with Gasteiger partial charge >= 0.3 is 6.18 Å². The van der Waals surface area contributed by atoms with Gasteiger partial charge in [-0.15, -0.1) is 0 Å². The summed E-state index contributed by atoms with van der Waals surface area (Å²) in [6.07, 6.45) is -5.09. The lowest BCUT2D eigenvalue weighted by Crippen LogP contribution is -2.34. The summed E-state index contributed by atoms with van der Waals surface area (Å²) < 4.78 is 47.3. The molecule has 0 heterocycles. The second kappa shape index (κ2) is 7.02. The monoisotopic (exact) mass is 291 g/mol. The van der Waals surface area contributed by atoms with Gasteiger partial charge in [0.25, 0.3) is 0 Å². The zero-order valence-corrected chi connectivity index (χ0v) is 11.2. The molecule has 0 bridgehead atoms. The molecule has 7 heteroatoms. The van der Waals surface area contributed by atoms with E-state index in [1.807, 2.05) is 0 Å². The van der Waals surface area contributed by atoms with Crippen molar-refractivity contribution in [3.8, 4) is 11.5 Å². The highest BCUT2D eigenvalue weighted by Crippen LogP contribution is 2.29. The van der Waals surface area contributed by atoms with Crippen LogP contribution in [0.3, 0.4) is 0 Å². The SMILES string of the molecule is COc1ccc(C[C@@H](CC(F)(F)F)NC=O)cc1OC. The minimum absolute atomic E-state index is 0.0542. The molecule has 0 aliphatic rings. The van der Waals surface area contributed by atoms with E-state index in [4.69, 9.17) is 9.47 Å². The number of rotatable bonds is 7. The van der Waals surface area contributed by atoms with Gasteiger partial charge in [-0.2, -0.15) is 13.2 Å². The Labute approximate surface area is 114 Å². The lowest BCUT2D eigenvalue weighted by molar-refractivity contribution is -0.140. The number of hydrogen-bond acceptors (Lipinski definition) is 3. The zero-order chi connectivity index (χ0) is 15.2. The van der Waals surface area contributed by atoms with Crippen molar-refractivity contribution in [1.29, 1.82) is 0 Å². The van der Waals surface area contributed by atoms with Crippen LogP contribution in [0.1, 0.15) is 12.0 Å². The quantitative estimate of drug-likeness (QED) is 0.784. The molecule has 0 saturated heterocycles. The summed E-state index contributed by atoms with van der Waals surface area (Å²) in [6, 6.07) is 3.83. The second-order valence-corrected chi connectivity index (χ2v) is 4.19. The van der Waals surface area contributed by atoms with Crippen molar-refractivity contribution < 1.29 is 27.4 Å². The van der Waals surface area contributed by atoms with Gasteiger partial charge in [-0.25, -0.2) is 0 Å². The molecular weight excluding hydrogens is 275 g/mol. The molecular formula is C13H16F3NO3. The molecule has 1 aromatic carbocycles. The third-order valence-corrected chi connectivity index (χ3v) is 2.71. The van der Waals surface area contributed by atoms with E-state index in [0.717, 1.165) is 0 Å². The molecule has 0 aromatic heterocycles. The fraction of sp³-hybridized carbons (Fsp3) is 0.462. The molecule has 0 radical (unpaired) electrons. The first-order valence-electron chi connectivity index (χ1n) is 5.87. The Morgan fingerprint density at radius 1 is 1.25 bits per heavy atom. The number of nitrogens with one attached hydrogen (secondary N) is 1. The maximum absolute atomic E-state index is 12.4. The Morgan fingerprint density at radius 2 is 1.90 bits per heavy atom. The van der Waals surface area contributed by atoms with E-state index in [1.165, 1.54) is 14.2 Å². The molecule has 0 spiro atoms. The van der Waals surface area contributed by atoms with Crippen LogP contribution in [0.2, 0.25) is 0 Å². The number of carbonyl (C=O) groups excluding carboxylic acids is 1. The van der Waals surface area contributed by atoms with Gasteiger partial charge in [-0.3, -0.25) is 4.79 Å². The van der Waals surface area contributed by atoms with Crippen molar-refractivity contribution in [2.24, 2.45) is 0 Å². The lowest BCUT2D eigenvalue weighted by Gasteiger charge is -2.18. The molecule has 20 heavy (non-hydrogen) atoms. The Kier molecular flexibility index (Phi) is 5.66. The smallest absolute Gasteiger partial charge is 0.391 e. The van der Waals surface area contributed by atoms with Gasteiger partial charge in [0, 0.05) is 6.04 Å². The average Bonchev–Trinajstić information content (AvgIpc) is 2.37. The first-order valence-corrected chi connectivity index (χ1v) is 5.87. The summed E-state index contributed by atoms with van der Waals surface area (Å²) >= 11 is 0. The van der Waals surface area contributed by atoms with Crippen LogP contribution in [0.15, 0.2) is 18.2 Å². The average molecular weight is 291 g/mol. The lowest BCUT2D eigenvalue weighted by atomic mass is 10.0. The number of halogens is 3. The van der Waals surface area contributed by atoms with Gasteiger partial charge in [0.05, 0.1) is 20.6 Å². The van der Waals surface area contributed by atoms with Crippen LogP contribution in [0, 0.1) is 0 Å². The zero-order valence-electron chi connectivity index (χ0n) is 11.2. The van der Waals surface area contributed by atoms with E-state index in [2.05, 4.69) is 5.32 Å². The molecule has 0 unspecified atom stereocenters. The van der Waals surface area contributed by atoms with E-state index in [-0.39, 0.29) is 12.8 Å².